The summed E-state index contributed by atoms with van der Waals surface area (Å²) in [6.45, 7) is 0. The molecule has 2 aromatic heterocycles. The molecule has 0 amide bonds. The van der Waals surface area contributed by atoms with Gasteiger partial charge < -0.3 is 13.7 Å². The lowest BCUT2D eigenvalue weighted by Gasteiger charge is -2.36. The molecule has 0 spiro atoms. The highest BCUT2D eigenvalue weighted by atomic mass is 16.3. The Morgan fingerprint density at radius 1 is 0.391 bits per heavy atom. The molecule has 11 aromatic rings. The molecule has 0 bridgehead atoms. The van der Waals surface area contributed by atoms with Crippen LogP contribution in [0.1, 0.15) is 29.5 Å². The highest BCUT2D eigenvalue weighted by Crippen LogP contribution is 2.58. The number of anilines is 3. The first-order chi connectivity index (χ1) is 31.7. The van der Waals surface area contributed by atoms with Gasteiger partial charge in [0, 0.05) is 49.7 Å². The van der Waals surface area contributed by atoms with Gasteiger partial charge in [-0.2, -0.15) is 0 Å². The number of benzene rings is 9. The topological polar surface area (TPSA) is 29.5 Å². The van der Waals surface area contributed by atoms with Crippen LogP contribution in [-0.4, -0.2) is 0 Å². The molecule has 0 N–H and O–H groups in total. The second-order valence-electron chi connectivity index (χ2n) is 17.0. The van der Waals surface area contributed by atoms with Crippen molar-refractivity contribution >= 4 is 60.9 Å². The molecule has 2 aliphatic carbocycles. The average molecular weight is 820 g/mol. The zero-order chi connectivity index (χ0) is 42.2. The summed E-state index contributed by atoms with van der Waals surface area (Å²) in [5, 5.41) is 4.52. The van der Waals surface area contributed by atoms with Crippen LogP contribution in [0.25, 0.3) is 77.3 Å². The van der Waals surface area contributed by atoms with Crippen LogP contribution >= 0.6 is 0 Å². The Morgan fingerprint density at radius 3 is 1.52 bits per heavy atom. The van der Waals surface area contributed by atoms with Crippen molar-refractivity contribution < 1.29 is 8.83 Å². The van der Waals surface area contributed by atoms with Gasteiger partial charge in [0.2, 0.25) is 0 Å². The number of hydrogen-bond acceptors (Lipinski definition) is 3. The highest BCUT2D eigenvalue weighted by Gasteiger charge is 2.47. The highest BCUT2D eigenvalue weighted by molar-refractivity contribution is 6.10. The number of hydrogen-bond donors (Lipinski definition) is 0. The fourth-order valence-electron chi connectivity index (χ4n) is 10.8. The number of allylic oxidation sites excluding steroid dienone is 4. The molecule has 0 saturated heterocycles. The van der Waals surface area contributed by atoms with Crippen molar-refractivity contribution in [3.05, 3.63) is 247 Å². The fourth-order valence-corrected chi connectivity index (χ4v) is 10.8. The van der Waals surface area contributed by atoms with Crippen LogP contribution in [0, 0.1) is 0 Å². The monoisotopic (exact) mass is 819 g/mol. The molecule has 302 valence electrons. The third-order valence-electron chi connectivity index (χ3n) is 13.6. The number of furan rings is 2. The van der Waals surface area contributed by atoms with E-state index in [4.69, 9.17) is 8.83 Å². The predicted molar refractivity (Wildman–Crippen MR) is 265 cm³/mol. The molecular formula is C61H41NO2. The molecule has 3 nitrogen and oxygen atoms in total. The van der Waals surface area contributed by atoms with Gasteiger partial charge in [-0.3, -0.25) is 0 Å². The van der Waals surface area contributed by atoms with Gasteiger partial charge >= 0.3 is 0 Å². The molecule has 64 heavy (non-hydrogen) atoms. The summed E-state index contributed by atoms with van der Waals surface area (Å²) in [4.78, 5) is 2.40. The largest absolute Gasteiger partial charge is 0.455 e. The van der Waals surface area contributed by atoms with Crippen LogP contribution in [0.2, 0.25) is 0 Å². The molecule has 13 rings (SSSR count). The molecule has 0 radical (unpaired) electrons. The van der Waals surface area contributed by atoms with E-state index in [2.05, 4.69) is 205 Å². The molecule has 2 heterocycles. The standard InChI is InChI=1S/C61H41NO2/c1-3-15-42(16-4-1)61(43-17-5-2-6-18-43)55-26-10-7-19-49(55)50-38-37-46(39-56(50)61)62(44-33-29-40(30-34-44)47-22-13-24-53-51-20-8-11-27-57(51)63-59(47)53)45-35-31-41(32-36-45)48-23-14-25-54-52-21-9-12-28-58(52)64-60(48)54/h1,3-5,7-39H,2,6H2. The average Bonchev–Trinajstić information content (AvgIpc) is 4.04. The van der Waals surface area contributed by atoms with Crippen molar-refractivity contribution in [1.82, 2.24) is 0 Å². The second-order valence-corrected chi connectivity index (χ2v) is 17.0. The van der Waals surface area contributed by atoms with Crippen LogP contribution < -0.4 is 4.90 Å². The summed E-state index contributed by atoms with van der Waals surface area (Å²) in [6, 6.07) is 74.6. The Kier molecular flexibility index (Phi) is 8.26. The molecule has 1 unspecified atom stereocenters. The first kappa shape index (κ1) is 36.5. The summed E-state index contributed by atoms with van der Waals surface area (Å²) >= 11 is 0. The summed E-state index contributed by atoms with van der Waals surface area (Å²) in [5.41, 5.74) is 18.5. The maximum Gasteiger partial charge on any atom is 0.143 e. The first-order valence-electron chi connectivity index (χ1n) is 22.2. The minimum atomic E-state index is -0.476. The normalized spacial score (nSPS) is 15.5. The van der Waals surface area contributed by atoms with Gasteiger partial charge in [0.15, 0.2) is 0 Å². The van der Waals surface area contributed by atoms with Crippen LogP contribution in [0.3, 0.4) is 0 Å². The number of nitrogens with zero attached hydrogens (tertiary/aromatic N) is 1. The molecule has 2 aliphatic rings. The lowest BCUT2D eigenvalue weighted by atomic mass is 9.66. The maximum absolute atomic E-state index is 6.49. The quantitative estimate of drug-likeness (QED) is 0.160. The van der Waals surface area contributed by atoms with Gasteiger partial charge in [-0.1, -0.05) is 176 Å². The Bertz CT molecular complexity index is 3510. The van der Waals surface area contributed by atoms with E-state index >= 15 is 0 Å². The maximum atomic E-state index is 6.49. The first-order valence-corrected chi connectivity index (χ1v) is 22.2. The van der Waals surface area contributed by atoms with Crippen LogP contribution in [0.5, 0.6) is 0 Å². The Balaban J connectivity index is 0.991. The van der Waals surface area contributed by atoms with Crippen LogP contribution in [-0.2, 0) is 5.41 Å². The van der Waals surface area contributed by atoms with Gasteiger partial charge in [-0.15, -0.1) is 0 Å². The van der Waals surface area contributed by atoms with E-state index < -0.39 is 5.41 Å². The third kappa shape index (κ3) is 5.47. The summed E-state index contributed by atoms with van der Waals surface area (Å²) in [6.07, 6.45) is 9.25. The number of fused-ring (bicyclic) bond motifs is 9. The minimum absolute atomic E-state index is 0.476. The summed E-state index contributed by atoms with van der Waals surface area (Å²) in [5.74, 6) is 0. The molecule has 0 saturated carbocycles. The molecular weight excluding hydrogens is 779 g/mol. The Hall–Kier alpha value is -8.14. The Labute approximate surface area is 371 Å². The number of rotatable bonds is 7. The van der Waals surface area contributed by atoms with E-state index in [1.807, 2.05) is 24.3 Å². The van der Waals surface area contributed by atoms with Crippen LogP contribution in [0.4, 0.5) is 17.1 Å². The van der Waals surface area contributed by atoms with E-state index in [-0.39, 0.29) is 0 Å². The minimum Gasteiger partial charge on any atom is -0.455 e. The van der Waals surface area contributed by atoms with Gasteiger partial charge in [-0.25, -0.2) is 0 Å². The fraction of sp³-hybridized carbons (Fsp3) is 0.0492. The molecule has 0 fully saturated rings. The second kappa shape index (κ2) is 14.5. The predicted octanol–water partition coefficient (Wildman–Crippen LogP) is 16.9. The van der Waals surface area contributed by atoms with Crippen molar-refractivity contribution in [3.63, 3.8) is 0 Å². The number of para-hydroxylation sites is 4. The lowest BCUT2D eigenvalue weighted by molar-refractivity contribution is 0.669. The van der Waals surface area contributed by atoms with E-state index in [0.29, 0.717) is 0 Å². The zero-order valence-electron chi connectivity index (χ0n) is 35.0. The van der Waals surface area contributed by atoms with Crippen molar-refractivity contribution in [1.29, 1.82) is 0 Å². The van der Waals surface area contributed by atoms with Crippen molar-refractivity contribution in [2.75, 3.05) is 4.90 Å². The van der Waals surface area contributed by atoms with E-state index in [1.165, 1.54) is 33.4 Å². The SMILES string of the molecule is C1=CC(C2(c3ccccc3)c3ccccc3-c3ccc(N(c4ccc(-c5cccc6c5oc5ccccc56)cc4)c4ccc(-c5cccc6c5oc5ccccc56)cc4)cc32)=CCC1. The van der Waals surface area contributed by atoms with Crippen LogP contribution in [0.15, 0.2) is 239 Å². The summed E-state index contributed by atoms with van der Waals surface area (Å²) in [7, 11) is 0. The van der Waals surface area contributed by atoms with Crippen molar-refractivity contribution in [3.8, 4) is 33.4 Å². The Morgan fingerprint density at radius 2 is 0.906 bits per heavy atom. The van der Waals surface area contributed by atoms with Gasteiger partial charge in [-0.05, 0) is 106 Å². The zero-order valence-corrected chi connectivity index (χ0v) is 35.0. The smallest absolute Gasteiger partial charge is 0.143 e. The van der Waals surface area contributed by atoms with Crippen molar-refractivity contribution in [2.24, 2.45) is 0 Å². The molecule has 3 heteroatoms. The lowest BCUT2D eigenvalue weighted by Crippen LogP contribution is -2.29. The van der Waals surface area contributed by atoms with Gasteiger partial charge in [0.05, 0.1) is 5.41 Å². The van der Waals surface area contributed by atoms with E-state index in [0.717, 1.165) is 96.0 Å². The van der Waals surface area contributed by atoms with Gasteiger partial charge in [0.1, 0.15) is 22.3 Å². The van der Waals surface area contributed by atoms with Gasteiger partial charge in [0.25, 0.3) is 0 Å². The van der Waals surface area contributed by atoms with E-state index in [1.54, 1.807) is 0 Å². The summed E-state index contributed by atoms with van der Waals surface area (Å²) < 4.78 is 13.0. The van der Waals surface area contributed by atoms with Crippen molar-refractivity contribution in [2.45, 2.75) is 18.3 Å². The molecule has 9 aromatic carbocycles. The third-order valence-corrected chi connectivity index (χ3v) is 13.6. The molecule has 1 atom stereocenters. The van der Waals surface area contributed by atoms with E-state index in [9.17, 15) is 0 Å². The molecule has 0 aliphatic heterocycles.